The van der Waals surface area contributed by atoms with Crippen LogP contribution in [0.25, 0.3) is 28.2 Å². The van der Waals surface area contributed by atoms with Gasteiger partial charge in [-0.15, -0.1) is 0 Å². The van der Waals surface area contributed by atoms with Crippen LogP contribution >= 0.6 is 0 Å². The SMILES string of the molecule is COc1ccc(CCn2c(-c3ccccc3)cn3c4c(=O)n(C)c(=O)n(C)c4nc23)cc1. The minimum atomic E-state index is -0.392. The van der Waals surface area contributed by atoms with Crippen molar-refractivity contribution < 1.29 is 4.74 Å². The molecule has 0 saturated heterocycles. The Morgan fingerprint density at radius 1 is 0.938 bits per heavy atom. The van der Waals surface area contributed by atoms with E-state index >= 15 is 0 Å². The van der Waals surface area contributed by atoms with Crippen LogP contribution in [0.2, 0.25) is 0 Å². The summed E-state index contributed by atoms with van der Waals surface area (Å²) in [5.41, 5.74) is 3.17. The number of rotatable bonds is 5. The molecule has 3 heterocycles. The second-order valence-corrected chi connectivity index (χ2v) is 7.79. The maximum Gasteiger partial charge on any atom is 0.332 e. The Balaban J connectivity index is 1.71. The summed E-state index contributed by atoms with van der Waals surface area (Å²) in [6.07, 6.45) is 2.70. The third-order valence-corrected chi connectivity index (χ3v) is 5.91. The van der Waals surface area contributed by atoms with Crippen LogP contribution in [-0.4, -0.2) is 30.2 Å². The molecular weight excluding hydrogens is 406 g/mol. The Morgan fingerprint density at radius 2 is 1.66 bits per heavy atom. The first kappa shape index (κ1) is 19.9. The molecule has 32 heavy (non-hydrogen) atoms. The van der Waals surface area contributed by atoms with E-state index in [1.165, 1.54) is 11.6 Å². The van der Waals surface area contributed by atoms with E-state index < -0.39 is 5.69 Å². The largest absolute Gasteiger partial charge is 0.497 e. The molecule has 0 radical (unpaired) electrons. The molecule has 0 saturated carbocycles. The van der Waals surface area contributed by atoms with Gasteiger partial charge in [-0.3, -0.25) is 18.3 Å². The van der Waals surface area contributed by atoms with Gasteiger partial charge in [0.15, 0.2) is 11.2 Å². The van der Waals surface area contributed by atoms with E-state index in [1.807, 2.05) is 60.8 Å². The highest BCUT2D eigenvalue weighted by Crippen LogP contribution is 2.26. The molecule has 0 bridgehead atoms. The van der Waals surface area contributed by atoms with Crippen molar-refractivity contribution in [1.29, 1.82) is 0 Å². The van der Waals surface area contributed by atoms with Crippen LogP contribution in [0.15, 0.2) is 70.4 Å². The molecule has 0 atom stereocenters. The van der Waals surface area contributed by atoms with Crippen molar-refractivity contribution in [1.82, 2.24) is 23.1 Å². The molecule has 0 N–H and O–H groups in total. The number of methoxy groups -OCH3 is 1. The van der Waals surface area contributed by atoms with Crippen molar-refractivity contribution >= 4 is 16.9 Å². The zero-order chi connectivity index (χ0) is 22.4. The topological polar surface area (TPSA) is 75.5 Å². The standard InChI is InChI=1S/C24H23N5O3/c1-26-21-20(22(30)27(2)24(26)31)29-15-19(17-7-5-4-6-8-17)28(23(29)25-21)14-13-16-9-11-18(32-3)12-10-16/h4-12,15H,13-14H2,1-3H3. The summed E-state index contributed by atoms with van der Waals surface area (Å²) in [6, 6.07) is 18.0. The quantitative estimate of drug-likeness (QED) is 0.430. The maximum atomic E-state index is 12.9. The Kier molecular flexibility index (Phi) is 4.70. The molecule has 2 aromatic carbocycles. The minimum absolute atomic E-state index is 0.359. The number of ether oxygens (including phenoxy) is 1. The van der Waals surface area contributed by atoms with Crippen molar-refractivity contribution in [3.05, 3.63) is 87.2 Å². The van der Waals surface area contributed by atoms with Crippen LogP contribution in [0.4, 0.5) is 0 Å². The second kappa shape index (κ2) is 7.56. The average molecular weight is 429 g/mol. The van der Waals surface area contributed by atoms with Gasteiger partial charge in [0, 0.05) is 26.8 Å². The lowest BCUT2D eigenvalue weighted by Crippen LogP contribution is -2.37. The molecule has 0 amide bonds. The van der Waals surface area contributed by atoms with Crippen LogP contribution in [0, 0.1) is 0 Å². The fourth-order valence-corrected chi connectivity index (χ4v) is 4.11. The Bertz CT molecular complexity index is 1550. The number of nitrogens with zero attached hydrogens (tertiary/aromatic N) is 5. The van der Waals surface area contributed by atoms with E-state index in [4.69, 9.17) is 9.72 Å². The summed E-state index contributed by atoms with van der Waals surface area (Å²) in [7, 11) is 4.77. The van der Waals surface area contributed by atoms with Gasteiger partial charge in [-0.1, -0.05) is 42.5 Å². The number of fused-ring (bicyclic) bond motifs is 3. The van der Waals surface area contributed by atoms with Crippen molar-refractivity contribution in [2.24, 2.45) is 14.1 Å². The summed E-state index contributed by atoms with van der Waals surface area (Å²) >= 11 is 0. The van der Waals surface area contributed by atoms with Crippen LogP contribution < -0.4 is 16.0 Å². The van der Waals surface area contributed by atoms with E-state index in [1.54, 1.807) is 18.6 Å². The van der Waals surface area contributed by atoms with Gasteiger partial charge < -0.3 is 9.30 Å². The summed E-state index contributed by atoms with van der Waals surface area (Å²) < 4.78 is 11.7. The molecule has 0 spiro atoms. The third kappa shape index (κ3) is 3.03. The number of aromatic nitrogens is 5. The van der Waals surface area contributed by atoms with Crippen molar-refractivity contribution in [2.75, 3.05) is 7.11 Å². The normalized spacial score (nSPS) is 11.5. The van der Waals surface area contributed by atoms with Crippen LogP contribution in [0.1, 0.15) is 5.56 Å². The second-order valence-electron chi connectivity index (χ2n) is 7.79. The molecule has 5 aromatic rings. The van der Waals surface area contributed by atoms with Gasteiger partial charge in [-0.25, -0.2) is 4.79 Å². The zero-order valence-electron chi connectivity index (χ0n) is 18.1. The number of hydrogen-bond donors (Lipinski definition) is 0. The van der Waals surface area contributed by atoms with E-state index in [9.17, 15) is 9.59 Å². The highest BCUT2D eigenvalue weighted by atomic mass is 16.5. The van der Waals surface area contributed by atoms with E-state index in [0.29, 0.717) is 23.5 Å². The van der Waals surface area contributed by atoms with E-state index in [-0.39, 0.29) is 5.56 Å². The van der Waals surface area contributed by atoms with Crippen molar-refractivity contribution in [3.8, 4) is 17.0 Å². The van der Waals surface area contributed by atoms with Crippen LogP contribution in [0.3, 0.4) is 0 Å². The summed E-state index contributed by atoms with van der Waals surface area (Å²) in [4.78, 5) is 30.1. The zero-order valence-corrected chi connectivity index (χ0v) is 18.1. The lowest BCUT2D eigenvalue weighted by molar-refractivity contribution is 0.414. The number of imidazole rings is 2. The van der Waals surface area contributed by atoms with Crippen LogP contribution in [-0.2, 0) is 27.1 Å². The fourth-order valence-electron chi connectivity index (χ4n) is 4.11. The molecule has 8 nitrogen and oxygen atoms in total. The Labute approximate surface area is 183 Å². The third-order valence-electron chi connectivity index (χ3n) is 5.91. The highest BCUT2D eigenvalue weighted by Gasteiger charge is 2.20. The summed E-state index contributed by atoms with van der Waals surface area (Å²) in [5, 5.41) is 0. The molecule has 0 aliphatic carbocycles. The fraction of sp³-hybridized carbons (Fsp3) is 0.208. The maximum absolute atomic E-state index is 12.9. The average Bonchev–Trinajstić information content (AvgIpc) is 3.37. The molecular formula is C24H23N5O3. The molecule has 0 aliphatic rings. The Hall–Kier alpha value is -4.07. The first-order valence-corrected chi connectivity index (χ1v) is 10.3. The van der Waals surface area contributed by atoms with E-state index in [0.717, 1.165) is 33.6 Å². The van der Waals surface area contributed by atoms with Gasteiger partial charge in [0.05, 0.1) is 12.8 Å². The smallest absolute Gasteiger partial charge is 0.332 e. The minimum Gasteiger partial charge on any atom is -0.497 e. The molecule has 8 heteroatoms. The molecule has 3 aromatic heterocycles. The molecule has 0 aliphatic heterocycles. The lowest BCUT2D eigenvalue weighted by Gasteiger charge is -2.10. The van der Waals surface area contributed by atoms with Gasteiger partial charge in [0.1, 0.15) is 5.75 Å². The predicted octanol–water partition coefficient (Wildman–Crippen LogP) is 2.60. The monoisotopic (exact) mass is 429 g/mol. The van der Waals surface area contributed by atoms with Gasteiger partial charge >= 0.3 is 5.69 Å². The van der Waals surface area contributed by atoms with Crippen molar-refractivity contribution in [2.45, 2.75) is 13.0 Å². The highest BCUT2D eigenvalue weighted by molar-refractivity contribution is 5.78. The van der Waals surface area contributed by atoms with E-state index in [2.05, 4.69) is 4.57 Å². The first-order valence-electron chi connectivity index (χ1n) is 10.3. The van der Waals surface area contributed by atoms with Crippen molar-refractivity contribution in [3.63, 3.8) is 0 Å². The molecule has 5 rings (SSSR count). The number of benzene rings is 2. The number of hydrogen-bond acceptors (Lipinski definition) is 4. The van der Waals surface area contributed by atoms with Gasteiger partial charge in [-0.05, 0) is 29.7 Å². The first-order chi connectivity index (χ1) is 15.5. The summed E-state index contributed by atoms with van der Waals surface area (Å²) in [6.45, 7) is 0.657. The summed E-state index contributed by atoms with van der Waals surface area (Å²) in [5.74, 6) is 1.45. The number of aryl methyl sites for hydroxylation is 3. The van der Waals surface area contributed by atoms with Gasteiger partial charge in [0.25, 0.3) is 5.56 Å². The van der Waals surface area contributed by atoms with Crippen LogP contribution in [0.5, 0.6) is 5.75 Å². The lowest BCUT2D eigenvalue weighted by atomic mass is 10.1. The van der Waals surface area contributed by atoms with Gasteiger partial charge in [-0.2, -0.15) is 4.98 Å². The predicted molar refractivity (Wildman–Crippen MR) is 123 cm³/mol. The molecule has 0 unspecified atom stereocenters. The Morgan fingerprint density at radius 3 is 2.34 bits per heavy atom. The molecule has 162 valence electrons. The molecule has 0 fully saturated rings. The van der Waals surface area contributed by atoms with Gasteiger partial charge in [0.2, 0.25) is 5.78 Å².